The second-order valence-corrected chi connectivity index (χ2v) is 7.57. The Morgan fingerprint density at radius 2 is 1.82 bits per heavy atom. The zero-order valence-corrected chi connectivity index (χ0v) is 18.3. The van der Waals surface area contributed by atoms with Crippen molar-refractivity contribution in [3.05, 3.63) is 99.7 Å². The van der Waals surface area contributed by atoms with Crippen molar-refractivity contribution >= 4 is 23.2 Å². The molecule has 0 bridgehead atoms. The Bertz CT molecular complexity index is 1360. The van der Waals surface area contributed by atoms with Crippen LogP contribution in [0.25, 0.3) is 5.65 Å². The number of carbonyl (C=O) groups is 2. The number of hydrogen-bond acceptors (Lipinski definition) is 6. The minimum absolute atomic E-state index is 0.196. The minimum Gasteiger partial charge on any atom is -0.456 e. The first kappa shape index (κ1) is 22.0. The predicted molar refractivity (Wildman–Crippen MR) is 122 cm³/mol. The van der Waals surface area contributed by atoms with Crippen LogP contribution in [0, 0.1) is 6.92 Å². The van der Waals surface area contributed by atoms with Crippen LogP contribution in [0.5, 0.6) is 0 Å². The molecule has 0 spiro atoms. The van der Waals surface area contributed by atoms with E-state index in [0.717, 1.165) is 10.1 Å². The Labute approximate surface area is 189 Å². The van der Waals surface area contributed by atoms with Gasteiger partial charge in [-0.05, 0) is 31.0 Å². The second kappa shape index (κ2) is 9.52. The number of amides is 1. The molecule has 2 aromatic carbocycles. The topological polar surface area (TPSA) is 103 Å². The van der Waals surface area contributed by atoms with Crippen molar-refractivity contribution in [2.45, 2.75) is 32.8 Å². The fourth-order valence-corrected chi connectivity index (χ4v) is 3.61. The summed E-state index contributed by atoms with van der Waals surface area (Å²) in [7, 11) is 0. The summed E-state index contributed by atoms with van der Waals surface area (Å²) < 4.78 is 11.7. The van der Waals surface area contributed by atoms with Crippen LogP contribution >= 0.6 is 0 Å². The molecule has 0 aliphatic rings. The Hall–Kier alpha value is -4.20. The molecular formula is C25H23N3O5. The highest BCUT2D eigenvalue weighted by Gasteiger charge is 2.21. The van der Waals surface area contributed by atoms with Crippen molar-refractivity contribution in [3.63, 3.8) is 0 Å². The van der Waals surface area contributed by atoms with E-state index in [1.165, 1.54) is 6.07 Å². The number of ether oxygens (including phenoxy) is 1. The molecule has 2 aromatic heterocycles. The van der Waals surface area contributed by atoms with Gasteiger partial charge in [0.1, 0.15) is 12.4 Å². The quantitative estimate of drug-likeness (QED) is 0.430. The number of aryl methyl sites for hydroxylation is 1. The highest BCUT2D eigenvalue weighted by Crippen LogP contribution is 2.23. The van der Waals surface area contributed by atoms with Crippen LogP contribution in [0.3, 0.4) is 0 Å². The maximum absolute atomic E-state index is 12.9. The zero-order chi connectivity index (χ0) is 23.4. The lowest BCUT2D eigenvalue weighted by atomic mass is 9.95. The van der Waals surface area contributed by atoms with Gasteiger partial charge in [0.15, 0.2) is 5.65 Å². The normalized spacial score (nSPS) is 11.8. The van der Waals surface area contributed by atoms with Crippen molar-refractivity contribution in [1.29, 1.82) is 0 Å². The summed E-state index contributed by atoms with van der Waals surface area (Å²) >= 11 is 0. The first-order valence-corrected chi connectivity index (χ1v) is 10.6. The van der Waals surface area contributed by atoms with E-state index in [9.17, 15) is 14.4 Å². The SMILES string of the molecule is CC[C@H](C(=O)Nc1ccccc1C(=O)OCc1cc(=O)n2oc(C)cc2n1)c1ccccc1. The van der Waals surface area contributed by atoms with Gasteiger partial charge in [-0.3, -0.25) is 9.59 Å². The van der Waals surface area contributed by atoms with Crippen molar-refractivity contribution in [1.82, 2.24) is 9.56 Å². The van der Waals surface area contributed by atoms with Gasteiger partial charge in [-0.1, -0.05) is 49.4 Å². The molecule has 4 rings (SSSR count). The summed E-state index contributed by atoms with van der Waals surface area (Å²) in [6, 6.07) is 19.0. The lowest BCUT2D eigenvalue weighted by molar-refractivity contribution is -0.117. The van der Waals surface area contributed by atoms with Crippen molar-refractivity contribution < 1.29 is 18.8 Å². The van der Waals surface area contributed by atoms with Gasteiger partial charge < -0.3 is 14.6 Å². The molecule has 8 heteroatoms. The van der Waals surface area contributed by atoms with E-state index < -0.39 is 11.5 Å². The van der Waals surface area contributed by atoms with Gasteiger partial charge in [-0.15, -0.1) is 4.57 Å². The smallest absolute Gasteiger partial charge is 0.340 e. The summed E-state index contributed by atoms with van der Waals surface area (Å²) in [4.78, 5) is 42.2. The van der Waals surface area contributed by atoms with Crippen LogP contribution in [0.1, 0.15) is 46.6 Å². The van der Waals surface area contributed by atoms with Crippen LogP contribution in [0.2, 0.25) is 0 Å². The minimum atomic E-state index is -0.635. The zero-order valence-electron chi connectivity index (χ0n) is 18.3. The van der Waals surface area contributed by atoms with E-state index in [1.54, 1.807) is 37.3 Å². The molecule has 8 nitrogen and oxygen atoms in total. The molecule has 0 unspecified atom stereocenters. The van der Waals surface area contributed by atoms with Crippen LogP contribution in [0.15, 0.2) is 76.0 Å². The van der Waals surface area contributed by atoms with Gasteiger partial charge in [0.05, 0.1) is 22.9 Å². The maximum Gasteiger partial charge on any atom is 0.340 e. The van der Waals surface area contributed by atoms with Crippen LogP contribution in [-0.4, -0.2) is 21.4 Å². The highest BCUT2D eigenvalue weighted by molar-refractivity contribution is 6.03. The number of nitrogens with one attached hydrogen (secondary N) is 1. The molecule has 0 radical (unpaired) electrons. The number of hydrogen-bond donors (Lipinski definition) is 1. The summed E-state index contributed by atoms with van der Waals surface area (Å²) in [5.74, 6) is -0.652. The molecular weight excluding hydrogens is 422 g/mol. The molecule has 2 heterocycles. The number of nitrogens with zero attached hydrogens (tertiary/aromatic N) is 2. The molecule has 1 N–H and O–H groups in total. The summed E-state index contributed by atoms with van der Waals surface area (Å²) in [6.07, 6.45) is 0.611. The number of benzene rings is 2. The van der Waals surface area contributed by atoms with Crippen LogP contribution in [-0.2, 0) is 16.1 Å². The van der Waals surface area contributed by atoms with Crippen molar-refractivity contribution in [2.75, 3.05) is 5.32 Å². The Balaban J connectivity index is 1.49. The molecule has 1 amide bonds. The number of rotatable bonds is 7. The molecule has 0 fully saturated rings. The van der Waals surface area contributed by atoms with E-state index in [2.05, 4.69) is 10.3 Å². The second-order valence-electron chi connectivity index (χ2n) is 7.57. The van der Waals surface area contributed by atoms with E-state index in [4.69, 9.17) is 9.26 Å². The molecule has 168 valence electrons. The van der Waals surface area contributed by atoms with E-state index in [1.807, 2.05) is 37.3 Å². The van der Waals surface area contributed by atoms with Crippen LogP contribution in [0.4, 0.5) is 5.69 Å². The average molecular weight is 445 g/mol. The van der Waals surface area contributed by atoms with E-state index >= 15 is 0 Å². The summed E-state index contributed by atoms with van der Waals surface area (Å²) in [5, 5.41) is 2.85. The lowest BCUT2D eigenvalue weighted by Crippen LogP contribution is -2.22. The molecule has 1 atom stereocenters. The molecule has 0 aliphatic heterocycles. The third-order valence-electron chi connectivity index (χ3n) is 5.21. The average Bonchev–Trinajstić information content (AvgIpc) is 3.20. The number of para-hydroxylation sites is 1. The first-order chi connectivity index (χ1) is 16.0. The third-order valence-corrected chi connectivity index (χ3v) is 5.21. The molecule has 33 heavy (non-hydrogen) atoms. The summed E-state index contributed by atoms with van der Waals surface area (Å²) in [5.41, 5.74) is 1.70. The molecule has 0 saturated carbocycles. The van der Waals surface area contributed by atoms with E-state index in [0.29, 0.717) is 29.2 Å². The number of esters is 1. The third kappa shape index (κ3) is 4.85. The number of fused-ring (bicyclic) bond motifs is 1. The number of carbonyl (C=O) groups excluding carboxylic acids is 2. The number of aromatic nitrogens is 2. The van der Waals surface area contributed by atoms with Gasteiger partial charge >= 0.3 is 5.97 Å². The fraction of sp³-hybridized carbons (Fsp3) is 0.200. The predicted octanol–water partition coefficient (Wildman–Crippen LogP) is 4.09. The number of anilines is 1. The van der Waals surface area contributed by atoms with Gasteiger partial charge in [0.2, 0.25) is 5.91 Å². The van der Waals surface area contributed by atoms with Crippen molar-refractivity contribution in [2.24, 2.45) is 0 Å². The van der Waals surface area contributed by atoms with Gasteiger partial charge in [-0.25, -0.2) is 9.78 Å². The molecule has 0 saturated heterocycles. The Morgan fingerprint density at radius 3 is 2.58 bits per heavy atom. The fourth-order valence-electron chi connectivity index (χ4n) is 3.61. The van der Waals surface area contributed by atoms with Crippen molar-refractivity contribution in [3.8, 4) is 0 Å². The Morgan fingerprint density at radius 1 is 1.09 bits per heavy atom. The van der Waals surface area contributed by atoms with Gasteiger partial charge in [-0.2, -0.15) is 0 Å². The first-order valence-electron chi connectivity index (χ1n) is 10.6. The highest BCUT2D eigenvalue weighted by atomic mass is 16.5. The largest absolute Gasteiger partial charge is 0.456 e. The maximum atomic E-state index is 12.9. The van der Waals surface area contributed by atoms with Gasteiger partial charge in [0, 0.05) is 12.1 Å². The summed E-state index contributed by atoms with van der Waals surface area (Å²) in [6.45, 7) is 3.45. The molecule has 0 aliphatic carbocycles. The van der Waals surface area contributed by atoms with Crippen LogP contribution < -0.4 is 10.9 Å². The lowest BCUT2D eigenvalue weighted by Gasteiger charge is -2.17. The van der Waals surface area contributed by atoms with Gasteiger partial charge in [0.25, 0.3) is 5.56 Å². The standard InChI is InChI=1S/C25H23N3O5/c1-3-19(17-9-5-4-6-10-17)24(30)27-21-12-8-7-11-20(21)25(31)32-15-18-14-23(29)28-22(26-18)13-16(2)33-28/h4-14,19H,3,15H2,1-2H3,(H,27,30)/t19-/m0/s1. The monoisotopic (exact) mass is 445 g/mol. The Kier molecular flexibility index (Phi) is 6.35. The molecule has 4 aromatic rings. The van der Waals surface area contributed by atoms with E-state index in [-0.39, 0.29) is 24.0 Å².